The van der Waals surface area contributed by atoms with E-state index < -0.39 is 22.1 Å². The molecule has 0 radical (unpaired) electrons. The maximum Gasteiger partial charge on any atom is 0.334 e. The second kappa shape index (κ2) is 5.57. The number of sulfonamides is 1. The lowest BCUT2D eigenvalue weighted by Crippen LogP contribution is -2.37. The monoisotopic (exact) mass is 299 g/mol. The zero-order chi connectivity index (χ0) is 14.8. The van der Waals surface area contributed by atoms with Crippen LogP contribution in [0.15, 0.2) is 29.4 Å². The molecule has 0 fully saturated rings. The van der Waals surface area contributed by atoms with Crippen LogP contribution in [-0.4, -0.2) is 49.2 Å². The second-order valence-corrected chi connectivity index (χ2v) is 5.70. The Labute approximate surface area is 114 Å². The van der Waals surface area contributed by atoms with E-state index in [1.807, 2.05) is 0 Å². The van der Waals surface area contributed by atoms with Crippen LogP contribution < -0.4 is 4.72 Å². The fraction of sp³-hybridized carbons (Fsp3) is 0.273. The number of aliphatic carboxylic acids is 1. The van der Waals surface area contributed by atoms with Crippen molar-refractivity contribution in [1.29, 1.82) is 0 Å². The van der Waals surface area contributed by atoms with Gasteiger partial charge >= 0.3 is 5.97 Å². The standard InChI is InChI=1S/C11H13N3O5S/c1-19-8(11(15)16)5-14-20(17,18)9-6-13-10-7(9)3-2-4-12-10/h2-4,6,8,14H,5H2,1H3,(H,12,13)(H,15,16). The minimum atomic E-state index is -3.85. The van der Waals surface area contributed by atoms with Gasteiger partial charge in [-0.1, -0.05) is 0 Å². The molecule has 0 saturated heterocycles. The lowest BCUT2D eigenvalue weighted by Gasteiger charge is -2.11. The van der Waals surface area contributed by atoms with Crippen molar-refractivity contribution in [2.45, 2.75) is 11.0 Å². The number of hydrogen-bond donors (Lipinski definition) is 3. The summed E-state index contributed by atoms with van der Waals surface area (Å²) in [5, 5.41) is 9.23. The number of ether oxygens (including phenoxy) is 1. The third-order valence-corrected chi connectivity index (χ3v) is 4.18. The van der Waals surface area contributed by atoms with Crippen molar-refractivity contribution in [3.05, 3.63) is 24.5 Å². The van der Waals surface area contributed by atoms with Gasteiger partial charge in [0.1, 0.15) is 10.5 Å². The second-order valence-electron chi connectivity index (χ2n) is 3.97. The fourth-order valence-electron chi connectivity index (χ4n) is 1.69. The van der Waals surface area contributed by atoms with Gasteiger partial charge in [-0.05, 0) is 12.1 Å². The molecule has 1 atom stereocenters. The topological polar surface area (TPSA) is 121 Å². The van der Waals surface area contributed by atoms with E-state index in [1.165, 1.54) is 19.5 Å². The molecule has 0 spiro atoms. The normalized spacial score (nSPS) is 13.4. The molecule has 2 rings (SSSR count). The van der Waals surface area contributed by atoms with Gasteiger partial charge in [-0.25, -0.2) is 22.9 Å². The number of fused-ring (bicyclic) bond motifs is 1. The van der Waals surface area contributed by atoms with E-state index in [0.717, 1.165) is 0 Å². The smallest absolute Gasteiger partial charge is 0.334 e. The first-order valence-electron chi connectivity index (χ1n) is 5.63. The molecular weight excluding hydrogens is 286 g/mol. The molecule has 0 aliphatic carbocycles. The van der Waals surface area contributed by atoms with Crippen LogP contribution in [0.5, 0.6) is 0 Å². The summed E-state index contributed by atoms with van der Waals surface area (Å²) in [6, 6.07) is 3.22. The van der Waals surface area contributed by atoms with Gasteiger partial charge in [0.25, 0.3) is 0 Å². The summed E-state index contributed by atoms with van der Waals surface area (Å²) in [5.41, 5.74) is 0.439. The quantitative estimate of drug-likeness (QED) is 0.687. The zero-order valence-corrected chi connectivity index (χ0v) is 11.3. The summed E-state index contributed by atoms with van der Waals surface area (Å²) < 4.78 is 31.2. The van der Waals surface area contributed by atoms with E-state index in [1.54, 1.807) is 12.1 Å². The van der Waals surface area contributed by atoms with Crippen LogP contribution >= 0.6 is 0 Å². The van der Waals surface area contributed by atoms with Gasteiger partial charge in [0, 0.05) is 31.4 Å². The predicted molar refractivity (Wildman–Crippen MR) is 69.7 cm³/mol. The number of aromatic amines is 1. The zero-order valence-electron chi connectivity index (χ0n) is 10.5. The average Bonchev–Trinajstić information content (AvgIpc) is 2.83. The number of nitrogens with one attached hydrogen (secondary N) is 2. The van der Waals surface area contributed by atoms with Gasteiger partial charge in [0.2, 0.25) is 10.0 Å². The van der Waals surface area contributed by atoms with E-state index >= 15 is 0 Å². The van der Waals surface area contributed by atoms with Crippen LogP contribution in [0.25, 0.3) is 11.0 Å². The molecule has 3 N–H and O–H groups in total. The average molecular weight is 299 g/mol. The molecule has 0 aliphatic heterocycles. The first-order chi connectivity index (χ1) is 9.45. The number of carboxylic acid groups (broad SMARTS) is 1. The van der Waals surface area contributed by atoms with E-state index in [4.69, 9.17) is 5.11 Å². The molecule has 0 amide bonds. The van der Waals surface area contributed by atoms with Gasteiger partial charge < -0.3 is 14.8 Å². The lowest BCUT2D eigenvalue weighted by atomic mass is 10.3. The predicted octanol–water partition coefficient (Wildman–Crippen LogP) is -0.0592. The summed E-state index contributed by atoms with van der Waals surface area (Å²) in [5.74, 6) is -1.24. The van der Waals surface area contributed by atoms with E-state index in [-0.39, 0.29) is 11.4 Å². The maximum atomic E-state index is 12.1. The van der Waals surface area contributed by atoms with E-state index in [9.17, 15) is 13.2 Å². The van der Waals surface area contributed by atoms with Crippen molar-refractivity contribution >= 4 is 27.0 Å². The summed E-state index contributed by atoms with van der Waals surface area (Å²) >= 11 is 0. The van der Waals surface area contributed by atoms with Gasteiger partial charge in [-0.2, -0.15) is 0 Å². The minimum Gasteiger partial charge on any atom is -0.479 e. The van der Waals surface area contributed by atoms with E-state index in [2.05, 4.69) is 19.4 Å². The first kappa shape index (κ1) is 14.4. The van der Waals surface area contributed by atoms with Crippen molar-refractivity contribution in [1.82, 2.24) is 14.7 Å². The lowest BCUT2D eigenvalue weighted by molar-refractivity contribution is -0.147. The molecule has 108 valence electrons. The molecule has 9 heteroatoms. The molecule has 8 nitrogen and oxygen atoms in total. The fourth-order valence-corrected chi connectivity index (χ4v) is 2.88. The van der Waals surface area contributed by atoms with E-state index in [0.29, 0.717) is 11.0 Å². The molecule has 0 aromatic carbocycles. The highest BCUT2D eigenvalue weighted by atomic mass is 32.2. The number of rotatable bonds is 6. The number of H-pyrrole nitrogens is 1. The Bertz CT molecular complexity index is 724. The van der Waals surface area contributed by atoms with Gasteiger partial charge in [-0.3, -0.25) is 0 Å². The van der Waals surface area contributed by atoms with Crippen LogP contribution in [-0.2, 0) is 19.6 Å². The van der Waals surface area contributed by atoms with Gasteiger partial charge in [0.15, 0.2) is 6.10 Å². The van der Waals surface area contributed by atoms with Crippen molar-refractivity contribution in [2.24, 2.45) is 0 Å². The molecule has 1 unspecified atom stereocenters. The Morgan fingerprint density at radius 2 is 2.35 bits per heavy atom. The number of methoxy groups -OCH3 is 1. The van der Waals surface area contributed by atoms with Crippen molar-refractivity contribution in [3.63, 3.8) is 0 Å². The highest BCUT2D eigenvalue weighted by Crippen LogP contribution is 2.20. The largest absolute Gasteiger partial charge is 0.479 e. The van der Waals surface area contributed by atoms with Crippen LogP contribution in [0.1, 0.15) is 0 Å². The number of carbonyl (C=O) groups is 1. The SMILES string of the molecule is COC(CNS(=O)(=O)c1c[nH]c2ncccc12)C(=O)O. The van der Waals surface area contributed by atoms with Gasteiger partial charge in [-0.15, -0.1) is 0 Å². The Kier molecular flexibility index (Phi) is 4.02. The Morgan fingerprint density at radius 3 is 3.00 bits per heavy atom. The third kappa shape index (κ3) is 2.79. The Hall–Kier alpha value is -1.97. The summed E-state index contributed by atoms with van der Waals surface area (Å²) in [6.07, 6.45) is 1.60. The van der Waals surface area contributed by atoms with Crippen LogP contribution in [0.3, 0.4) is 0 Å². The summed E-state index contributed by atoms with van der Waals surface area (Å²) in [4.78, 5) is 17.5. The van der Waals surface area contributed by atoms with Crippen molar-refractivity contribution in [2.75, 3.05) is 13.7 Å². The van der Waals surface area contributed by atoms with Crippen molar-refractivity contribution < 1.29 is 23.1 Å². The van der Waals surface area contributed by atoms with Crippen molar-refractivity contribution in [3.8, 4) is 0 Å². The Morgan fingerprint density at radius 1 is 1.60 bits per heavy atom. The van der Waals surface area contributed by atoms with Crippen LogP contribution in [0.2, 0.25) is 0 Å². The number of nitrogens with zero attached hydrogens (tertiary/aromatic N) is 1. The molecule has 2 aromatic rings. The molecular formula is C11H13N3O5S. The Balaban J connectivity index is 2.25. The minimum absolute atomic E-state index is 0.0147. The number of aromatic nitrogens is 2. The number of carboxylic acids is 1. The molecule has 20 heavy (non-hydrogen) atoms. The van der Waals surface area contributed by atoms with Crippen LogP contribution in [0.4, 0.5) is 0 Å². The molecule has 0 aliphatic rings. The van der Waals surface area contributed by atoms with Gasteiger partial charge in [0.05, 0.1) is 0 Å². The van der Waals surface area contributed by atoms with Crippen LogP contribution in [0, 0.1) is 0 Å². The number of hydrogen-bond acceptors (Lipinski definition) is 5. The molecule has 2 aromatic heterocycles. The summed E-state index contributed by atoms with van der Waals surface area (Å²) in [7, 11) is -2.65. The third-order valence-electron chi connectivity index (χ3n) is 2.72. The highest BCUT2D eigenvalue weighted by molar-refractivity contribution is 7.89. The maximum absolute atomic E-state index is 12.1. The highest BCUT2D eigenvalue weighted by Gasteiger charge is 2.23. The first-order valence-corrected chi connectivity index (χ1v) is 7.11. The number of pyridine rings is 1. The molecule has 0 bridgehead atoms. The molecule has 0 saturated carbocycles. The molecule has 2 heterocycles. The summed E-state index contributed by atoms with van der Waals surface area (Å²) in [6.45, 7) is -0.360.